The van der Waals surface area contributed by atoms with Gasteiger partial charge in [0.15, 0.2) is 0 Å². The van der Waals surface area contributed by atoms with Gasteiger partial charge in [0, 0.05) is 23.4 Å². The molecule has 1 amide bonds. The van der Waals surface area contributed by atoms with Gasteiger partial charge in [-0.25, -0.2) is 0 Å². The first-order valence-corrected chi connectivity index (χ1v) is 5.95. The zero-order valence-corrected chi connectivity index (χ0v) is 10.3. The van der Waals surface area contributed by atoms with E-state index in [9.17, 15) is 9.59 Å². The number of methoxy groups -OCH3 is 1. The minimum atomic E-state index is -0.457. The second-order valence-corrected chi connectivity index (χ2v) is 4.56. The monoisotopic (exact) mass is 248 g/mol. The molecule has 1 fully saturated rings. The van der Waals surface area contributed by atoms with Gasteiger partial charge in [-0.1, -0.05) is 0 Å². The molecule has 96 valence electrons. The summed E-state index contributed by atoms with van der Waals surface area (Å²) >= 11 is 0. The molecule has 0 radical (unpaired) electrons. The molecule has 1 aromatic heterocycles. The third-order valence-corrected chi connectivity index (χ3v) is 3.45. The van der Waals surface area contributed by atoms with Crippen molar-refractivity contribution in [2.24, 2.45) is 11.7 Å². The fourth-order valence-electron chi connectivity index (χ4n) is 2.46. The van der Waals surface area contributed by atoms with Crippen LogP contribution in [0.2, 0.25) is 0 Å². The number of nitrogens with two attached hydrogens (primary N) is 1. The molecule has 5 heteroatoms. The molecule has 1 aliphatic carbocycles. The summed E-state index contributed by atoms with van der Waals surface area (Å²) in [7, 11) is 1.40. The fraction of sp³-hybridized carbons (Fsp3) is 0.462. The van der Waals surface area contributed by atoms with Gasteiger partial charge < -0.3 is 10.5 Å². The minimum Gasteiger partial charge on any atom is -0.469 e. The Kier molecular flexibility index (Phi) is 3.60. The van der Waals surface area contributed by atoms with Crippen molar-refractivity contribution < 1.29 is 14.3 Å². The largest absolute Gasteiger partial charge is 0.469 e. The summed E-state index contributed by atoms with van der Waals surface area (Å²) in [4.78, 5) is 26.8. The molecule has 2 rings (SSSR count). The van der Waals surface area contributed by atoms with Gasteiger partial charge in [-0.2, -0.15) is 0 Å². The average molecular weight is 248 g/mol. The summed E-state index contributed by atoms with van der Waals surface area (Å²) in [6.45, 7) is 0. The summed E-state index contributed by atoms with van der Waals surface area (Å²) in [6, 6.07) is 3.31. The molecule has 1 saturated carbocycles. The highest BCUT2D eigenvalue weighted by molar-refractivity contribution is 5.92. The van der Waals surface area contributed by atoms with Crippen LogP contribution in [0.25, 0.3) is 0 Å². The highest BCUT2D eigenvalue weighted by Crippen LogP contribution is 2.38. The molecular weight excluding hydrogens is 232 g/mol. The second-order valence-electron chi connectivity index (χ2n) is 4.56. The van der Waals surface area contributed by atoms with Crippen LogP contribution in [0.5, 0.6) is 0 Å². The average Bonchev–Trinajstić information content (AvgIpc) is 2.87. The summed E-state index contributed by atoms with van der Waals surface area (Å²) in [5.41, 5.74) is 6.53. The number of amides is 1. The number of carbonyl (C=O) groups excluding carboxylic acids is 2. The van der Waals surface area contributed by atoms with E-state index in [-0.39, 0.29) is 17.8 Å². The lowest BCUT2D eigenvalue weighted by Crippen LogP contribution is -2.13. The van der Waals surface area contributed by atoms with Gasteiger partial charge in [-0.3, -0.25) is 14.6 Å². The number of carbonyl (C=O) groups is 2. The summed E-state index contributed by atoms with van der Waals surface area (Å²) in [5.74, 6) is -0.475. The quantitative estimate of drug-likeness (QED) is 0.816. The first-order chi connectivity index (χ1) is 8.61. The molecule has 0 spiro atoms. The zero-order valence-electron chi connectivity index (χ0n) is 10.3. The van der Waals surface area contributed by atoms with Gasteiger partial charge >= 0.3 is 5.97 Å². The van der Waals surface area contributed by atoms with Crippen LogP contribution in [0, 0.1) is 5.92 Å². The van der Waals surface area contributed by atoms with E-state index < -0.39 is 5.91 Å². The SMILES string of the molecule is COC(=O)[C@H]1CC[C@@H](c2cc(C(N)=O)ccn2)C1. The lowest BCUT2D eigenvalue weighted by molar-refractivity contribution is -0.145. The third-order valence-electron chi connectivity index (χ3n) is 3.45. The summed E-state index contributed by atoms with van der Waals surface area (Å²) in [6.07, 6.45) is 4.00. The van der Waals surface area contributed by atoms with Crippen molar-refractivity contribution >= 4 is 11.9 Å². The molecule has 1 aliphatic rings. The van der Waals surface area contributed by atoms with Crippen molar-refractivity contribution in [2.75, 3.05) is 7.11 Å². The van der Waals surface area contributed by atoms with E-state index in [0.717, 1.165) is 25.0 Å². The number of pyridine rings is 1. The Labute approximate surface area is 105 Å². The van der Waals surface area contributed by atoms with Crippen LogP contribution >= 0.6 is 0 Å². The predicted octanol–water partition coefficient (Wildman–Crippen LogP) is 1.24. The van der Waals surface area contributed by atoms with Crippen LogP contribution in [-0.2, 0) is 9.53 Å². The third kappa shape index (κ3) is 2.50. The predicted molar refractivity (Wildman–Crippen MR) is 64.9 cm³/mol. The number of nitrogens with zero attached hydrogens (tertiary/aromatic N) is 1. The molecule has 18 heavy (non-hydrogen) atoms. The highest BCUT2D eigenvalue weighted by Gasteiger charge is 2.32. The first-order valence-electron chi connectivity index (χ1n) is 5.95. The highest BCUT2D eigenvalue weighted by atomic mass is 16.5. The molecule has 5 nitrogen and oxygen atoms in total. The van der Waals surface area contributed by atoms with E-state index >= 15 is 0 Å². The van der Waals surface area contributed by atoms with Crippen LogP contribution in [0.3, 0.4) is 0 Å². The number of aromatic nitrogens is 1. The Bertz CT molecular complexity index is 473. The molecule has 2 atom stereocenters. The van der Waals surface area contributed by atoms with Crippen molar-refractivity contribution in [3.05, 3.63) is 29.6 Å². The van der Waals surface area contributed by atoms with Gasteiger partial charge in [0.05, 0.1) is 13.0 Å². The Hall–Kier alpha value is -1.91. The van der Waals surface area contributed by atoms with E-state index in [1.54, 1.807) is 18.3 Å². The Morgan fingerprint density at radius 1 is 1.44 bits per heavy atom. The summed E-state index contributed by atoms with van der Waals surface area (Å²) in [5, 5.41) is 0. The lowest BCUT2D eigenvalue weighted by atomic mass is 10.00. The van der Waals surface area contributed by atoms with Crippen molar-refractivity contribution in [1.29, 1.82) is 0 Å². The number of ether oxygens (including phenoxy) is 1. The van der Waals surface area contributed by atoms with Crippen LogP contribution in [0.15, 0.2) is 18.3 Å². The van der Waals surface area contributed by atoms with Gasteiger partial charge in [0.1, 0.15) is 0 Å². The molecule has 0 unspecified atom stereocenters. The Balaban J connectivity index is 2.12. The smallest absolute Gasteiger partial charge is 0.308 e. The standard InChI is InChI=1S/C13H16N2O3/c1-18-13(17)10-3-2-8(6-10)11-7-9(12(14)16)4-5-15-11/h4-5,7-8,10H,2-3,6H2,1H3,(H2,14,16)/t8-,10+/m1/s1. The molecule has 0 aliphatic heterocycles. The van der Waals surface area contributed by atoms with E-state index in [2.05, 4.69) is 4.98 Å². The first kappa shape index (κ1) is 12.5. The fourth-order valence-corrected chi connectivity index (χ4v) is 2.46. The number of primary amides is 1. The Morgan fingerprint density at radius 2 is 2.22 bits per heavy atom. The van der Waals surface area contributed by atoms with Gasteiger partial charge in [-0.15, -0.1) is 0 Å². The maximum Gasteiger partial charge on any atom is 0.308 e. The van der Waals surface area contributed by atoms with Crippen molar-refractivity contribution in [1.82, 2.24) is 4.98 Å². The number of hydrogen-bond acceptors (Lipinski definition) is 4. The van der Waals surface area contributed by atoms with Crippen molar-refractivity contribution in [3.8, 4) is 0 Å². The topological polar surface area (TPSA) is 82.3 Å². The van der Waals surface area contributed by atoms with Gasteiger partial charge in [0.25, 0.3) is 0 Å². The maximum absolute atomic E-state index is 11.4. The molecule has 2 N–H and O–H groups in total. The number of hydrogen-bond donors (Lipinski definition) is 1. The maximum atomic E-state index is 11.4. The van der Waals surface area contributed by atoms with E-state index in [1.165, 1.54) is 7.11 Å². The Morgan fingerprint density at radius 3 is 2.89 bits per heavy atom. The van der Waals surface area contributed by atoms with Gasteiger partial charge in [-0.05, 0) is 31.4 Å². The van der Waals surface area contributed by atoms with Crippen LogP contribution < -0.4 is 5.73 Å². The normalized spacial score (nSPS) is 22.7. The van der Waals surface area contributed by atoms with Crippen molar-refractivity contribution in [3.63, 3.8) is 0 Å². The van der Waals surface area contributed by atoms with Crippen LogP contribution in [-0.4, -0.2) is 24.0 Å². The van der Waals surface area contributed by atoms with Crippen LogP contribution in [0.1, 0.15) is 41.2 Å². The van der Waals surface area contributed by atoms with E-state index in [4.69, 9.17) is 10.5 Å². The molecule has 0 aromatic carbocycles. The molecular formula is C13H16N2O3. The molecule has 0 bridgehead atoms. The summed E-state index contributed by atoms with van der Waals surface area (Å²) < 4.78 is 4.75. The zero-order chi connectivity index (χ0) is 13.1. The second kappa shape index (κ2) is 5.16. The number of rotatable bonds is 3. The van der Waals surface area contributed by atoms with Crippen molar-refractivity contribution in [2.45, 2.75) is 25.2 Å². The van der Waals surface area contributed by atoms with E-state index in [0.29, 0.717) is 5.56 Å². The minimum absolute atomic E-state index is 0.0564. The molecule has 1 aromatic rings. The molecule has 0 saturated heterocycles. The number of esters is 1. The lowest BCUT2D eigenvalue weighted by Gasteiger charge is -2.10. The van der Waals surface area contributed by atoms with Crippen LogP contribution in [0.4, 0.5) is 0 Å². The molecule has 1 heterocycles. The van der Waals surface area contributed by atoms with Gasteiger partial charge in [0.2, 0.25) is 5.91 Å². The van der Waals surface area contributed by atoms with E-state index in [1.807, 2.05) is 0 Å².